The summed E-state index contributed by atoms with van der Waals surface area (Å²) in [6.45, 7) is -2.94. The number of fused-ring (bicyclic) bond motifs is 3. The van der Waals surface area contributed by atoms with E-state index in [-0.39, 0.29) is 183 Å². The first-order valence-electron chi connectivity index (χ1n) is 42.6. The van der Waals surface area contributed by atoms with Crippen LogP contribution in [0.5, 0.6) is 0 Å². The van der Waals surface area contributed by atoms with Crippen LogP contribution >= 0.6 is 0 Å². The third kappa shape index (κ3) is 32.0. The minimum atomic E-state index is -3.26. The van der Waals surface area contributed by atoms with Crippen molar-refractivity contribution in [2.75, 3.05) is 134 Å². The van der Waals surface area contributed by atoms with E-state index in [2.05, 4.69) is 84.1 Å². The minimum absolute atomic E-state index is 0.0260. The summed E-state index contributed by atoms with van der Waals surface area (Å²) < 4.78 is 107. The Morgan fingerprint density at radius 2 is 0.637 bits per heavy atom. The topological polar surface area (TPSA) is 586 Å². The summed E-state index contributed by atoms with van der Waals surface area (Å²) in [7, 11) is 0. The molecule has 3 aromatic heterocycles. The number of alkyl halides is 6. The largest absolute Gasteiger partial charge is 0.444 e. The average Bonchev–Trinajstić information content (AvgIpc) is 1.81. The predicted octanol–water partition coefficient (Wildman–Crippen LogP) is 2.54. The van der Waals surface area contributed by atoms with Gasteiger partial charge in [-0.15, -0.1) is 0 Å². The Bertz CT molecular complexity index is 5070. The molecule has 6 aromatic rings. The van der Waals surface area contributed by atoms with E-state index in [9.17, 15) is 119 Å². The Morgan fingerprint density at radius 3 is 0.896 bits per heavy atom. The van der Waals surface area contributed by atoms with Gasteiger partial charge in [-0.1, -0.05) is 36.4 Å². The molecule has 3 aliphatic rings. The van der Waals surface area contributed by atoms with Crippen LogP contribution in [0.15, 0.2) is 91.4 Å². The second kappa shape index (κ2) is 48.5. The van der Waals surface area contributed by atoms with E-state index in [1.165, 1.54) is 91.4 Å². The zero-order chi connectivity index (χ0) is 98.2. The van der Waals surface area contributed by atoms with Crippen molar-refractivity contribution in [2.45, 2.75) is 145 Å². The Labute approximate surface area is 767 Å². The fraction of sp³-hybridized carbons (Fsp3) is 0.471. The van der Waals surface area contributed by atoms with Gasteiger partial charge in [-0.05, 0) is 57.2 Å². The van der Waals surface area contributed by atoms with Gasteiger partial charge in [0.15, 0.2) is 0 Å². The van der Waals surface area contributed by atoms with Crippen LogP contribution in [-0.2, 0) is 76.5 Å². The van der Waals surface area contributed by atoms with Crippen molar-refractivity contribution in [3.8, 4) is 18.2 Å². The molecule has 0 saturated carbocycles. The summed E-state index contributed by atoms with van der Waals surface area (Å²) in [5, 5.41) is 62.1. The molecule has 0 spiro atoms. The number of nitrogens with zero attached hydrogens (tertiary/aromatic N) is 9. The number of benzene rings is 3. The molecular weight excluding hydrogens is 1790 g/mol. The number of ether oxygens (including phenoxy) is 4. The van der Waals surface area contributed by atoms with E-state index in [0.717, 1.165) is 0 Å². The number of carbonyl (C=O) groups is 16. The first-order chi connectivity index (χ1) is 64.2. The number of anilines is 3. The molecule has 3 atom stereocenters. The molecule has 135 heavy (non-hydrogen) atoms. The number of rotatable bonds is 46. The monoisotopic (exact) mass is 1890 g/mol. The van der Waals surface area contributed by atoms with Crippen molar-refractivity contribution in [3.05, 3.63) is 108 Å². The number of para-hydroxylation sites is 3. The highest BCUT2D eigenvalue weighted by Crippen LogP contribution is 2.36. The molecule has 3 fully saturated rings. The number of likely N-dealkylation sites (tertiary alicyclic amines) is 3. The number of alkyl carbamates (subject to hydrolysis) is 1. The maximum absolute atomic E-state index is 14.0. The molecule has 3 aliphatic heterocycles. The Kier molecular flexibility index (Phi) is 37.3. The molecule has 0 aliphatic carbocycles. The lowest BCUT2D eigenvalue weighted by Crippen LogP contribution is -2.59. The molecule has 48 heteroatoms. The normalized spacial score (nSPS) is 15.7. The fourth-order valence-electron chi connectivity index (χ4n) is 14.2. The lowest BCUT2D eigenvalue weighted by atomic mass is 10.0. The van der Waals surface area contributed by atoms with E-state index >= 15 is 0 Å². The lowest BCUT2D eigenvalue weighted by molar-refractivity contribution is -0.132. The van der Waals surface area contributed by atoms with Crippen molar-refractivity contribution in [3.63, 3.8) is 0 Å². The second-order valence-electron chi connectivity index (χ2n) is 32.5. The molecule has 0 radical (unpaired) electrons. The van der Waals surface area contributed by atoms with Crippen molar-refractivity contribution in [2.24, 2.45) is 0 Å². The second-order valence-corrected chi connectivity index (χ2v) is 32.5. The maximum Gasteiger partial charge on any atom is 0.408 e. The van der Waals surface area contributed by atoms with Crippen molar-refractivity contribution in [1.82, 2.24) is 82.8 Å². The van der Waals surface area contributed by atoms with Gasteiger partial charge in [0.05, 0.1) is 147 Å². The first kappa shape index (κ1) is 104. The zero-order valence-corrected chi connectivity index (χ0v) is 73.6. The maximum atomic E-state index is 14.0. The molecule has 720 valence electrons. The quantitative estimate of drug-likeness (QED) is 0.0193. The average molecular weight is 1890 g/mol. The summed E-state index contributed by atoms with van der Waals surface area (Å²) in [6.07, 6.45) is -2.40. The number of pyridine rings is 3. The third-order valence-corrected chi connectivity index (χ3v) is 20.7. The highest BCUT2D eigenvalue weighted by atomic mass is 19.3. The van der Waals surface area contributed by atoms with Crippen LogP contribution in [0.1, 0.15) is 129 Å². The zero-order valence-electron chi connectivity index (χ0n) is 73.6. The van der Waals surface area contributed by atoms with Crippen LogP contribution in [0.3, 0.4) is 0 Å². The smallest absolute Gasteiger partial charge is 0.408 e. The van der Waals surface area contributed by atoms with Crippen molar-refractivity contribution < 1.29 is 122 Å². The summed E-state index contributed by atoms with van der Waals surface area (Å²) in [4.78, 5) is 224. The summed E-state index contributed by atoms with van der Waals surface area (Å²) in [5.74, 6) is -20.0. The summed E-state index contributed by atoms with van der Waals surface area (Å²) in [5.41, 5.74) is -1.68. The van der Waals surface area contributed by atoms with Gasteiger partial charge in [-0.3, -0.25) is 86.9 Å². The van der Waals surface area contributed by atoms with E-state index in [1.54, 1.807) is 39.0 Å². The number of carbonyl (C=O) groups excluding carboxylic acids is 16. The van der Waals surface area contributed by atoms with Gasteiger partial charge in [0, 0.05) is 151 Å². The first-order valence-corrected chi connectivity index (χ1v) is 42.6. The van der Waals surface area contributed by atoms with E-state index in [0.29, 0.717) is 14.7 Å². The Morgan fingerprint density at radius 1 is 0.378 bits per heavy atom. The predicted molar refractivity (Wildman–Crippen MR) is 464 cm³/mol. The molecule has 42 nitrogen and oxygen atoms in total. The molecular formula is C87H100F6N22O20. The number of amides is 16. The van der Waals surface area contributed by atoms with E-state index in [1.807, 2.05) is 0 Å². The number of halogens is 6. The number of hydrogen-bond donors (Lipinski definition) is 13. The molecule has 13 N–H and O–H groups in total. The van der Waals surface area contributed by atoms with Gasteiger partial charge in [0.25, 0.3) is 35.5 Å². The summed E-state index contributed by atoms with van der Waals surface area (Å²) >= 11 is 0. The highest BCUT2D eigenvalue weighted by molar-refractivity contribution is 6.14. The van der Waals surface area contributed by atoms with Gasteiger partial charge in [0.2, 0.25) is 70.9 Å². The van der Waals surface area contributed by atoms with Gasteiger partial charge in [-0.2, -0.15) is 15.8 Å². The molecule has 9 rings (SSSR count). The Hall–Kier alpha value is -14.9. The van der Waals surface area contributed by atoms with Crippen LogP contribution < -0.4 is 69.1 Å². The van der Waals surface area contributed by atoms with Crippen LogP contribution in [-0.4, -0.2) is 290 Å². The lowest BCUT2D eigenvalue weighted by Gasteiger charge is -2.35. The van der Waals surface area contributed by atoms with Gasteiger partial charge in [-0.25, -0.2) is 31.1 Å². The summed E-state index contributed by atoms with van der Waals surface area (Å²) in [6, 6.07) is 18.5. The molecule has 3 aromatic carbocycles. The molecule has 16 amide bonds. The number of nitriles is 3. The van der Waals surface area contributed by atoms with Crippen LogP contribution in [0.25, 0.3) is 32.7 Å². The number of aromatic nitrogens is 3. The molecule has 6 heterocycles. The standard InChI is InChI=1S/C87H100F6N22O20/c1-83(2,3)135-82(131)112-84(49-132-34-22-67(119)100-31-28-97-64(116)13-16-70(122)109-61-10-4-7-55-58(19-25-103-76(55)61)79(128)106-43-73(125)113-46-85(88,89)37-52(113)40-94,50-133-35-23-68(120)101-32-29-98-65(117)14-17-71(123)110-62-11-5-8-56-59(20-26-104-77(56)62)80(129)107-44-74(126)114-47-86(90,91)38-53(114)41-95)51-134-36-24-69(121)102-33-30-99-66(118)15-18-72(124)111-63-12-6-9-57-60(21-27-105-78(57)63)81(130)108-45-75(127)115-48-87(92,93)39-54(115)42-96/h4-12,19-21,25-27,52-54H,13-18,22-24,28-39,43-51H2,1-3H3,(H,97,116)(H,98,117)(H,99,118)(H,100,119)(H,101,120)(H,102,121)(H,106,128)(H,107,129)(H,108,130)(H,109,122)(H,110,123)(H,111,124)(H,112,131)/t52-,53-,54-/m0/s1. The fourth-order valence-corrected chi connectivity index (χ4v) is 14.2. The number of hydrogen-bond acceptors (Lipinski definition) is 26. The molecule has 0 bridgehead atoms. The van der Waals surface area contributed by atoms with Crippen LogP contribution in [0, 0.1) is 34.0 Å². The van der Waals surface area contributed by atoms with Crippen molar-refractivity contribution in [1.29, 1.82) is 15.8 Å². The van der Waals surface area contributed by atoms with Crippen molar-refractivity contribution >= 4 is 144 Å². The van der Waals surface area contributed by atoms with E-state index in [4.69, 9.17) is 18.9 Å². The van der Waals surface area contributed by atoms with Gasteiger partial charge < -0.3 is 103 Å². The van der Waals surface area contributed by atoms with Gasteiger partial charge >= 0.3 is 6.09 Å². The minimum Gasteiger partial charge on any atom is -0.444 e. The Balaban J connectivity index is 0.718. The third-order valence-electron chi connectivity index (χ3n) is 20.7. The number of nitrogens with one attached hydrogen (secondary N) is 13. The van der Waals surface area contributed by atoms with E-state index < -0.39 is 220 Å². The highest BCUT2D eigenvalue weighted by Gasteiger charge is 2.50. The van der Waals surface area contributed by atoms with Crippen LogP contribution in [0.2, 0.25) is 0 Å². The van der Waals surface area contributed by atoms with Gasteiger partial charge in [0.1, 0.15) is 29.3 Å². The SMILES string of the molecule is CC(C)(C)OC(=O)NC(COCCC(=O)NCCNC(=O)CCC(=O)Nc1cccc2c(C(=O)NCC(=O)N3CC(F)(F)C[C@H]3C#N)ccnc12)(COCCC(=O)NCCNC(=O)CCC(=O)Nc1cccc2c(C(=O)NCC(=O)N3CC(F)(F)C[C@H]3C#N)ccnc12)COCCC(=O)NCCNC(=O)CCC(=O)Nc1cccc2c(C(=O)NCC(=O)N3CC(F)(F)C[C@H]3C#N)ccnc12. The van der Waals surface area contributed by atoms with Crippen LogP contribution in [0.4, 0.5) is 48.2 Å². The molecule has 0 unspecified atom stereocenters. The molecule has 3 saturated heterocycles.